The molecule has 28 heavy (non-hydrogen) atoms. The van der Waals surface area contributed by atoms with E-state index in [1.165, 1.54) is 0 Å². The number of benzene rings is 2. The maximum Gasteiger partial charge on any atom is 0.307 e. The lowest BCUT2D eigenvalue weighted by molar-refractivity contribution is -0.144. The molecule has 0 heterocycles. The summed E-state index contributed by atoms with van der Waals surface area (Å²) in [7, 11) is 3.20. The van der Waals surface area contributed by atoms with Crippen LogP contribution in [0.4, 0.5) is 0 Å². The number of rotatable bonds is 10. The average Bonchev–Trinajstić information content (AvgIpc) is 2.73. The van der Waals surface area contributed by atoms with Crippen molar-refractivity contribution in [1.82, 2.24) is 0 Å². The molecule has 0 aliphatic rings. The van der Waals surface area contributed by atoms with E-state index in [1.54, 1.807) is 21.1 Å². The molecule has 5 nitrogen and oxygen atoms in total. The minimum absolute atomic E-state index is 0.0746. The predicted octanol–water partition coefficient (Wildman–Crippen LogP) is 4.31. The second-order valence-corrected chi connectivity index (χ2v) is 6.59. The summed E-state index contributed by atoms with van der Waals surface area (Å²) in [5.41, 5.74) is 0.916. The summed E-state index contributed by atoms with van der Waals surface area (Å²) in [6.45, 7) is 3.90. The quantitative estimate of drug-likeness (QED) is 0.571. The normalized spacial score (nSPS) is 11.0. The minimum Gasteiger partial charge on any atom is -0.497 e. The third kappa shape index (κ3) is 4.91. The highest BCUT2D eigenvalue weighted by molar-refractivity contribution is 5.83. The molecule has 0 spiro atoms. The van der Waals surface area contributed by atoms with Gasteiger partial charge in [0.25, 0.3) is 0 Å². The summed E-state index contributed by atoms with van der Waals surface area (Å²) in [6.07, 6.45) is 0.684. The molecule has 0 aliphatic carbocycles. The number of carbonyl (C=O) groups excluding carboxylic acids is 2. The van der Waals surface area contributed by atoms with Crippen molar-refractivity contribution in [3.05, 3.63) is 59.7 Å². The van der Waals surface area contributed by atoms with Gasteiger partial charge >= 0.3 is 5.97 Å². The van der Waals surface area contributed by atoms with E-state index in [0.29, 0.717) is 24.5 Å². The average molecular weight is 384 g/mol. The van der Waals surface area contributed by atoms with Crippen LogP contribution in [0.25, 0.3) is 0 Å². The molecule has 150 valence electrons. The van der Waals surface area contributed by atoms with Gasteiger partial charge in [0.05, 0.1) is 27.2 Å². The van der Waals surface area contributed by atoms with Crippen LogP contribution in [0.5, 0.6) is 11.5 Å². The monoisotopic (exact) mass is 384 g/mol. The summed E-state index contributed by atoms with van der Waals surface area (Å²) in [5, 5.41) is 0. The highest BCUT2D eigenvalue weighted by atomic mass is 16.5. The Balaban J connectivity index is 2.63. The fourth-order valence-corrected chi connectivity index (χ4v) is 3.38. The first-order valence-corrected chi connectivity index (χ1v) is 9.45. The van der Waals surface area contributed by atoms with Crippen molar-refractivity contribution in [3.8, 4) is 11.5 Å². The van der Waals surface area contributed by atoms with Crippen molar-refractivity contribution < 1.29 is 23.8 Å². The first-order chi connectivity index (χ1) is 13.5. The zero-order valence-electron chi connectivity index (χ0n) is 17.0. The Morgan fingerprint density at radius 2 is 1.25 bits per heavy atom. The SMILES string of the molecule is CCOC(=O)CC(CC(=O)CC)(c1ccc(OC)cc1)c1ccc(OC)cc1. The Morgan fingerprint density at radius 1 is 0.786 bits per heavy atom. The fourth-order valence-electron chi connectivity index (χ4n) is 3.38. The molecule has 0 saturated heterocycles. The van der Waals surface area contributed by atoms with Crippen molar-refractivity contribution >= 4 is 11.8 Å². The number of methoxy groups -OCH3 is 2. The topological polar surface area (TPSA) is 61.8 Å². The van der Waals surface area contributed by atoms with Gasteiger partial charge in [-0.1, -0.05) is 31.2 Å². The number of ether oxygens (including phenoxy) is 3. The van der Waals surface area contributed by atoms with Crippen LogP contribution in [0.2, 0.25) is 0 Å². The first-order valence-electron chi connectivity index (χ1n) is 9.45. The molecule has 0 N–H and O–H groups in total. The second kappa shape index (κ2) is 9.93. The number of ketones is 1. The van der Waals surface area contributed by atoms with E-state index < -0.39 is 5.41 Å². The van der Waals surface area contributed by atoms with E-state index >= 15 is 0 Å². The summed E-state index contributed by atoms with van der Waals surface area (Å²) >= 11 is 0. The molecule has 0 fully saturated rings. The lowest BCUT2D eigenvalue weighted by Crippen LogP contribution is -2.34. The van der Waals surface area contributed by atoms with Gasteiger partial charge in [-0.05, 0) is 42.3 Å². The highest BCUT2D eigenvalue weighted by Gasteiger charge is 2.39. The summed E-state index contributed by atoms with van der Waals surface area (Å²) < 4.78 is 15.8. The van der Waals surface area contributed by atoms with Crippen molar-refractivity contribution in [3.63, 3.8) is 0 Å². The summed E-state index contributed by atoms with van der Waals surface area (Å²) in [4.78, 5) is 25.1. The first kappa shape index (κ1) is 21.5. The molecule has 0 aromatic heterocycles. The minimum atomic E-state index is -0.822. The molecule has 0 radical (unpaired) electrons. The number of esters is 1. The van der Waals surface area contributed by atoms with Gasteiger partial charge in [-0.3, -0.25) is 9.59 Å². The van der Waals surface area contributed by atoms with Crippen molar-refractivity contribution in [1.29, 1.82) is 0 Å². The maximum absolute atomic E-state index is 12.6. The Kier molecular flexibility index (Phi) is 7.61. The van der Waals surface area contributed by atoms with E-state index in [0.717, 1.165) is 11.1 Å². The van der Waals surface area contributed by atoms with Crippen LogP contribution in [0.3, 0.4) is 0 Å². The van der Waals surface area contributed by atoms with Crippen LogP contribution in [0, 0.1) is 0 Å². The molecular weight excluding hydrogens is 356 g/mol. The summed E-state index contributed by atoms with van der Waals surface area (Å²) in [6, 6.07) is 15.0. The molecule has 0 unspecified atom stereocenters. The molecule has 2 rings (SSSR count). The van der Waals surface area contributed by atoms with Crippen molar-refractivity contribution in [2.24, 2.45) is 0 Å². The molecule has 0 amide bonds. The Morgan fingerprint density at radius 3 is 1.61 bits per heavy atom. The van der Waals surface area contributed by atoms with Gasteiger partial charge in [0.15, 0.2) is 0 Å². The van der Waals surface area contributed by atoms with Gasteiger partial charge in [-0.15, -0.1) is 0 Å². The van der Waals surface area contributed by atoms with Gasteiger partial charge in [0.1, 0.15) is 17.3 Å². The molecule has 5 heteroatoms. The highest BCUT2D eigenvalue weighted by Crippen LogP contribution is 2.41. The molecule has 0 aliphatic heterocycles. The van der Waals surface area contributed by atoms with Crippen LogP contribution in [-0.4, -0.2) is 32.6 Å². The summed E-state index contributed by atoms with van der Waals surface area (Å²) in [5.74, 6) is 1.17. The van der Waals surface area contributed by atoms with Gasteiger partial charge in [-0.25, -0.2) is 0 Å². The van der Waals surface area contributed by atoms with E-state index in [4.69, 9.17) is 14.2 Å². The molecule has 0 atom stereocenters. The zero-order valence-corrected chi connectivity index (χ0v) is 17.0. The lowest BCUT2D eigenvalue weighted by atomic mass is 9.68. The fraction of sp³-hybridized carbons (Fsp3) is 0.391. The molecular formula is C23H28O5. The van der Waals surface area contributed by atoms with E-state index in [1.807, 2.05) is 55.5 Å². The molecule has 2 aromatic carbocycles. The van der Waals surface area contributed by atoms with Crippen molar-refractivity contribution in [2.75, 3.05) is 20.8 Å². The second-order valence-electron chi connectivity index (χ2n) is 6.59. The van der Waals surface area contributed by atoms with Gasteiger partial charge in [0, 0.05) is 18.3 Å². The Labute approximate surface area is 166 Å². The van der Waals surface area contributed by atoms with E-state index in [9.17, 15) is 9.59 Å². The molecule has 2 aromatic rings. The third-order valence-electron chi connectivity index (χ3n) is 4.93. The Hall–Kier alpha value is -2.82. The third-order valence-corrected chi connectivity index (χ3v) is 4.93. The van der Waals surface area contributed by atoms with Gasteiger partial charge in [0.2, 0.25) is 0 Å². The number of hydrogen-bond donors (Lipinski definition) is 0. The number of carbonyl (C=O) groups is 2. The van der Waals surface area contributed by atoms with Crippen LogP contribution in [-0.2, 0) is 19.7 Å². The van der Waals surface area contributed by atoms with Crippen LogP contribution >= 0.6 is 0 Å². The maximum atomic E-state index is 12.6. The van der Waals surface area contributed by atoms with E-state index in [2.05, 4.69) is 0 Å². The van der Waals surface area contributed by atoms with Gasteiger partial charge in [-0.2, -0.15) is 0 Å². The molecule has 0 bridgehead atoms. The van der Waals surface area contributed by atoms with Gasteiger partial charge < -0.3 is 14.2 Å². The predicted molar refractivity (Wildman–Crippen MR) is 108 cm³/mol. The smallest absolute Gasteiger partial charge is 0.307 e. The van der Waals surface area contributed by atoms with Crippen LogP contribution in [0.1, 0.15) is 44.2 Å². The molecule has 0 saturated carbocycles. The van der Waals surface area contributed by atoms with Crippen molar-refractivity contribution in [2.45, 2.75) is 38.5 Å². The Bertz CT molecular complexity index is 730. The van der Waals surface area contributed by atoms with Crippen LogP contribution < -0.4 is 9.47 Å². The standard InChI is InChI=1S/C23H28O5/c1-5-19(24)15-23(16-22(25)28-6-2,17-7-11-20(26-3)12-8-17)18-9-13-21(27-4)14-10-18/h7-14H,5-6,15-16H2,1-4H3. The van der Waals surface area contributed by atoms with E-state index in [-0.39, 0.29) is 24.6 Å². The lowest BCUT2D eigenvalue weighted by Gasteiger charge is -2.34. The largest absolute Gasteiger partial charge is 0.497 e. The number of Topliss-reactive ketones (excluding diaryl/α,β-unsaturated/α-hetero) is 1. The zero-order chi connectivity index (χ0) is 20.6. The number of hydrogen-bond acceptors (Lipinski definition) is 5. The van der Waals surface area contributed by atoms with Crippen LogP contribution in [0.15, 0.2) is 48.5 Å².